The fourth-order valence-electron chi connectivity index (χ4n) is 1.26. The highest BCUT2D eigenvalue weighted by molar-refractivity contribution is 9.10. The molecule has 0 saturated carbocycles. The molecule has 0 radical (unpaired) electrons. The summed E-state index contributed by atoms with van der Waals surface area (Å²) in [5, 5.41) is 0. The van der Waals surface area contributed by atoms with Gasteiger partial charge < -0.3 is 15.1 Å². The van der Waals surface area contributed by atoms with Gasteiger partial charge in [0, 0.05) is 6.04 Å². The van der Waals surface area contributed by atoms with Gasteiger partial charge in [0.1, 0.15) is 0 Å². The van der Waals surface area contributed by atoms with Gasteiger partial charge in [-0.25, -0.2) is 0 Å². The molecule has 0 saturated heterocycles. The Kier molecular flexibility index (Phi) is 4.12. The summed E-state index contributed by atoms with van der Waals surface area (Å²) in [4.78, 5) is 24.3. The van der Waals surface area contributed by atoms with Crippen LogP contribution in [0.15, 0.2) is 21.4 Å². The molecule has 0 aliphatic rings. The molecule has 2 amide bonds. The number of carbonyl (C=O) groups excluding carboxylic acids is 2. The second-order valence-electron chi connectivity index (χ2n) is 3.60. The maximum Gasteiger partial charge on any atom is 0.259 e. The van der Waals surface area contributed by atoms with E-state index in [0.717, 1.165) is 0 Å². The lowest BCUT2D eigenvalue weighted by molar-refractivity contribution is -0.119. The van der Waals surface area contributed by atoms with E-state index < -0.39 is 5.91 Å². The number of furan rings is 1. The summed E-state index contributed by atoms with van der Waals surface area (Å²) in [5.74, 6) is -0.823. The Labute approximate surface area is 102 Å². The van der Waals surface area contributed by atoms with Crippen molar-refractivity contribution in [2.75, 3.05) is 6.54 Å². The van der Waals surface area contributed by atoms with Gasteiger partial charge in [-0.3, -0.25) is 9.59 Å². The molecule has 2 N–H and O–H groups in total. The normalized spacial score (nSPS) is 10.5. The minimum Gasteiger partial charge on any atom is -0.457 e. The van der Waals surface area contributed by atoms with Crippen LogP contribution in [-0.2, 0) is 4.79 Å². The molecule has 6 heteroatoms. The van der Waals surface area contributed by atoms with Crippen molar-refractivity contribution in [3.63, 3.8) is 0 Å². The van der Waals surface area contributed by atoms with E-state index in [1.807, 2.05) is 13.8 Å². The molecule has 0 bridgehead atoms. The highest BCUT2D eigenvalue weighted by atomic mass is 79.9. The molecule has 88 valence electrons. The smallest absolute Gasteiger partial charge is 0.259 e. The zero-order valence-electron chi connectivity index (χ0n) is 9.07. The van der Waals surface area contributed by atoms with E-state index in [1.165, 1.54) is 11.2 Å². The molecule has 0 aliphatic carbocycles. The second-order valence-corrected chi connectivity index (χ2v) is 4.32. The van der Waals surface area contributed by atoms with Crippen LogP contribution in [0.25, 0.3) is 0 Å². The van der Waals surface area contributed by atoms with Crippen molar-refractivity contribution in [1.82, 2.24) is 4.90 Å². The zero-order chi connectivity index (χ0) is 12.3. The van der Waals surface area contributed by atoms with Gasteiger partial charge in [0.2, 0.25) is 5.91 Å². The van der Waals surface area contributed by atoms with Crippen LogP contribution in [-0.4, -0.2) is 29.3 Å². The Hall–Kier alpha value is -1.30. The average molecular weight is 289 g/mol. The van der Waals surface area contributed by atoms with Gasteiger partial charge >= 0.3 is 0 Å². The van der Waals surface area contributed by atoms with Crippen LogP contribution in [0.4, 0.5) is 0 Å². The van der Waals surface area contributed by atoms with Gasteiger partial charge in [-0.05, 0) is 35.8 Å². The first kappa shape index (κ1) is 12.8. The SMILES string of the molecule is CC(C)N(CC(N)=O)C(=O)c1ccoc1Br. The number of hydrogen-bond donors (Lipinski definition) is 1. The molecule has 0 aromatic carbocycles. The highest BCUT2D eigenvalue weighted by Gasteiger charge is 2.23. The van der Waals surface area contributed by atoms with Gasteiger partial charge in [-0.15, -0.1) is 0 Å². The Morgan fingerprint density at radius 3 is 2.56 bits per heavy atom. The third kappa shape index (κ3) is 2.85. The molecule has 0 atom stereocenters. The molecular weight excluding hydrogens is 276 g/mol. The van der Waals surface area contributed by atoms with E-state index in [-0.39, 0.29) is 18.5 Å². The quantitative estimate of drug-likeness (QED) is 0.909. The summed E-state index contributed by atoms with van der Waals surface area (Å²) in [6.45, 7) is 3.53. The second kappa shape index (κ2) is 5.16. The van der Waals surface area contributed by atoms with Crippen molar-refractivity contribution in [2.45, 2.75) is 19.9 Å². The maximum absolute atomic E-state index is 12.0. The molecule has 1 aromatic heterocycles. The number of amides is 2. The maximum atomic E-state index is 12.0. The van der Waals surface area contributed by atoms with Crippen LogP contribution in [0.3, 0.4) is 0 Å². The summed E-state index contributed by atoms with van der Waals surface area (Å²) in [7, 11) is 0. The highest BCUT2D eigenvalue weighted by Crippen LogP contribution is 2.20. The van der Waals surface area contributed by atoms with E-state index in [0.29, 0.717) is 10.2 Å². The van der Waals surface area contributed by atoms with Crippen LogP contribution in [0.5, 0.6) is 0 Å². The first-order valence-electron chi connectivity index (χ1n) is 4.75. The van der Waals surface area contributed by atoms with E-state index in [2.05, 4.69) is 15.9 Å². The first-order valence-corrected chi connectivity index (χ1v) is 5.55. The van der Waals surface area contributed by atoms with E-state index in [4.69, 9.17) is 10.2 Å². The Morgan fingerprint density at radius 1 is 1.56 bits per heavy atom. The number of nitrogens with two attached hydrogens (primary N) is 1. The topological polar surface area (TPSA) is 76.5 Å². The summed E-state index contributed by atoms with van der Waals surface area (Å²) in [6.07, 6.45) is 1.40. The molecular formula is C10H13BrN2O3. The Morgan fingerprint density at radius 2 is 2.19 bits per heavy atom. The number of carbonyl (C=O) groups is 2. The van der Waals surface area contributed by atoms with Gasteiger partial charge in [0.15, 0.2) is 4.67 Å². The minimum atomic E-state index is -0.540. The molecule has 1 heterocycles. The average Bonchev–Trinajstić information content (AvgIpc) is 2.59. The van der Waals surface area contributed by atoms with E-state index >= 15 is 0 Å². The molecule has 1 aromatic rings. The van der Waals surface area contributed by atoms with Crippen molar-refractivity contribution in [2.24, 2.45) is 5.73 Å². The van der Waals surface area contributed by atoms with Crippen molar-refractivity contribution in [3.8, 4) is 0 Å². The Balaban J connectivity index is 2.92. The van der Waals surface area contributed by atoms with Crippen molar-refractivity contribution >= 4 is 27.7 Å². The number of rotatable bonds is 4. The monoisotopic (exact) mass is 288 g/mol. The summed E-state index contributed by atoms with van der Waals surface area (Å²) >= 11 is 3.12. The Bertz CT molecular complexity index is 401. The first-order chi connectivity index (χ1) is 7.43. The molecule has 0 aliphatic heterocycles. The van der Waals surface area contributed by atoms with Crippen LogP contribution in [0.2, 0.25) is 0 Å². The molecule has 0 fully saturated rings. The van der Waals surface area contributed by atoms with Crippen molar-refractivity contribution in [1.29, 1.82) is 0 Å². The predicted molar refractivity (Wildman–Crippen MR) is 61.8 cm³/mol. The third-order valence-electron chi connectivity index (χ3n) is 2.06. The van der Waals surface area contributed by atoms with Gasteiger partial charge in [0.05, 0.1) is 18.4 Å². The van der Waals surface area contributed by atoms with Crippen LogP contribution >= 0.6 is 15.9 Å². The zero-order valence-corrected chi connectivity index (χ0v) is 10.7. The molecule has 16 heavy (non-hydrogen) atoms. The number of nitrogens with zero attached hydrogens (tertiary/aromatic N) is 1. The lowest BCUT2D eigenvalue weighted by Gasteiger charge is -2.24. The van der Waals surface area contributed by atoms with E-state index in [9.17, 15) is 9.59 Å². The van der Waals surface area contributed by atoms with Crippen LogP contribution in [0, 0.1) is 0 Å². The van der Waals surface area contributed by atoms with Crippen molar-refractivity contribution in [3.05, 3.63) is 22.6 Å². The van der Waals surface area contributed by atoms with Gasteiger partial charge in [-0.1, -0.05) is 0 Å². The summed E-state index contributed by atoms with van der Waals surface area (Å²) in [6, 6.07) is 1.43. The predicted octanol–water partition coefficient (Wildman–Crippen LogP) is 1.38. The van der Waals surface area contributed by atoms with Crippen molar-refractivity contribution < 1.29 is 14.0 Å². The lowest BCUT2D eigenvalue weighted by Crippen LogP contribution is -2.42. The fourth-order valence-corrected chi connectivity index (χ4v) is 1.67. The molecule has 5 nitrogen and oxygen atoms in total. The summed E-state index contributed by atoms with van der Waals surface area (Å²) < 4.78 is 5.33. The number of hydrogen-bond acceptors (Lipinski definition) is 3. The third-order valence-corrected chi connectivity index (χ3v) is 2.67. The van der Waals surface area contributed by atoms with Gasteiger partial charge in [-0.2, -0.15) is 0 Å². The molecule has 0 spiro atoms. The molecule has 1 rings (SSSR count). The van der Waals surface area contributed by atoms with Crippen LogP contribution < -0.4 is 5.73 Å². The number of primary amides is 1. The van der Waals surface area contributed by atoms with Crippen LogP contribution in [0.1, 0.15) is 24.2 Å². The molecule has 0 unspecified atom stereocenters. The minimum absolute atomic E-state index is 0.103. The standard InChI is InChI=1S/C10H13BrN2O3/c1-6(2)13(5-8(12)14)10(15)7-3-4-16-9(7)11/h3-4,6H,5H2,1-2H3,(H2,12,14). The van der Waals surface area contributed by atoms with Gasteiger partial charge in [0.25, 0.3) is 5.91 Å². The summed E-state index contributed by atoms with van der Waals surface area (Å²) in [5.41, 5.74) is 5.48. The largest absolute Gasteiger partial charge is 0.457 e. The number of halogens is 1. The van der Waals surface area contributed by atoms with E-state index in [1.54, 1.807) is 6.07 Å². The lowest BCUT2D eigenvalue weighted by atomic mass is 10.2. The fraction of sp³-hybridized carbons (Fsp3) is 0.400.